The first-order valence-corrected chi connectivity index (χ1v) is 14.9. The lowest BCUT2D eigenvalue weighted by atomic mass is 10.0. The lowest BCUT2D eigenvalue weighted by molar-refractivity contribution is 0.0934. The molecule has 45 heavy (non-hydrogen) atoms. The molecule has 1 aliphatic heterocycles. The molecule has 2 aromatic carbocycles. The predicted octanol–water partition coefficient (Wildman–Crippen LogP) is 3.12. The third-order valence-corrected chi connectivity index (χ3v) is 7.91. The quantitative estimate of drug-likeness (QED) is 0.164. The first-order valence-electron chi connectivity index (χ1n) is 14.5. The molecule has 14 heteroatoms. The number of pyridine rings is 1. The molecule has 1 fully saturated rings. The van der Waals surface area contributed by atoms with Crippen LogP contribution in [0.5, 0.6) is 0 Å². The van der Waals surface area contributed by atoms with Crippen LogP contribution in [0, 0.1) is 0 Å². The molecule has 2 amide bonds. The maximum Gasteiger partial charge on any atom is 0.262 e. The fourth-order valence-corrected chi connectivity index (χ4v) is 5.18. The van der Waals surface area contributed by atoms with Crippen molar-refractivity contribution in [2.45, 2.75) is 12.5 Å². The van der Waals surface area contributed by atoms with Gasteiger partial charge in [-0.1, -0.05) is 41.9 Å². The number of likely N-dealkylation sites (N-methyl/N-ethyl adjacent to an activating group) is 1. The van der Waals surface area contributed by atoms with Crippen LogP contribution in [0.1, 0.15) is 38.7 Å². The van der Waals surface area contributed by atoms with E-state index in [1.807, 2.05) is 30.3 Å². The number of nitrogens with one attached hydrogen (secondary N) is 4. The Hall–Kier alpha value is -4.07. The normalized spacial score (nSPS) is 14.4. The first-order chi connectivity index (χ1) is 21.3. The van der Waals surface area contributed by atoms with Gasteiger partial charge in [0.25, 0.3) is 17.4 Å². The first kappa shape index (κ1) is 33.8. The number of aromatic amines is 1. The monoisotopic (exact) mass is 653 g/mol. The summed E-state index contributed by atoms with van der Waals surface area (Å²) in [4.78, 5) is 55.3. The zero-order chi connectivity index (χ0) is 31.1. The molecule has 12 nitrogen and oxygen atoms in total. The van der Waals surface area contributed by atoms with E-state index in [1.54, 1.807) is 12.3 Å². The fraction of sp³-hybridized carbons (Fsp3) is 0.323. The summed E-state index contributed by atoms with van der Waals surface area (Å²) in [5, 5.41) is 9.56. The van der Waals surface area contributed by atoms with E-state index in [1.165, 1.54) is 18.2 Å². The van der Waals surface area contributed by atoms with Crippen LogP contribution in [0.2, 0.25) is 5.02 Å². The van der Waals surface area contributed by atoms with Gasteiger partial charge in [-0.05, 0) is 49.8 Å². The number of rotatable bonds is 11. The molecule has 0 bridgehead atoms. The average molecular weight is 655 g/mol. The van der Waals surface area contributed by atoms with Crippen molar-refractivity contribution in [1.82, 2.24) is 30.1 Å². The van der Waals surface area contributed by atoms with E-state index in [9.17, 15) is 14.4 Å². The van der Waals surface area contributed by atoms with Crippen LogP contribution in [-0.2, 0) is 0 Å². The number of hydrogen-bond acceptors (Lipinski definition) is 9. The van der Waals surface area contributed by atoms with Crippen molar-refractivity contribution < 1.29 is 9.59 Å². The van der Waals surface area contributed by atoms with Crippen molar-refractivity contribution in [2.75, 3.05) is 63.5 Å². The maximum atomic E-state index is 13.2. The Bertz CT molecular complexity index is 1680. The Morgan fingerprint density at radius 2 is 1.82 bits per heavy atom. The van der Waals surface area contributed by atoms with Gasteiger partial charge in [0.2, 0.25) is 5.95 Å². The molecule has 0 spiro atoms. The van der Waals surface area contributed by atoms with E-state index in [0.29, 0.717) is 36.5 Å². The second kappa shape index (κ2) is 15.8. The van der Waals surface area contributed by atoms with Crippen molar-refractivity contribution in [3.05, 3.63) is 92.9 Å². The van der Waals surface area contributed by atoms with Crippen LogP contribution in [0.4, 0.5) is 11.6 Å². The van der Waals surface area contributed by atoms with E-state index in [4.69, 9.17) is 17.3 Å². The van der Waals surface area contributed by atoms with Crippen molar-refractivity contribution in [2.24, 2.45) is 5.73 Å². The topological polar surface area (TPSA) is 161 Å². The van der Waals surface area contributed by atoms with Crippen molar-refractivity contribution in [1.29, 1.82) is 0 Å². The Morgan fingerprint density at radius 3 is 2.56 bits per heavy atom. The van der Waals surface area contributed by atoms with Crippen LogP contribution in [0.3, 0.4) is 0 Å². The summed E-state index contributed by atoms with van der Waals surface area (Å²) in [6.07, 6.45) is 2.10. The number of nitrogens with zero attached hydrogens (tertiary/aromatic N) is 4. The summed E-state index contributed by atoms with van der Waals surface area (Å²) < 4.78 is 0. The van der Waals surface area contributed by atoms with E-state index < -0.39 is 11.5 Å². The van der Waals surface area contributed by atoms with Crippen molar-refractivity contribution in [3.63, 3.8) is 0 Å². The van der Waals surface area contributed by atoms with Gasteiger partial charge >= 0.3 is 0 Å². The van der Waals surface area contributed by atoms with Crippen molar-refractivity contribution in [3.8, 4) is 0 Å². The molecule has 6 N–H and O–H groups in total. The number of amides is 2. The lowest BCUT2D eigenvalue weighted by Gasteiger charge is -2.32. The number of nitrogens with two attached hydrogens (primary N) is 1. The van der Waals surface area contributed by atoms with Gasteiger partial charge in [-0.15, -0.1) is 12.4 Å². The molecular weight excluding hydrogens is 617 g/mol. The molecule has 0 saturated carbocycles. The Balaban J connectivity index is 0.00000461. The number of fused-ring (bicyclic) bond motifs is 1. The minimum atomic E-state index is -0.688. The van der Waals surface area contributed by atoms with Crippen LogP contribution >= 0.6 is 24.0 Å². The third-order valence-electron chi connectivity index (χ3n) is 7.58. The van der Waals surface area contributed by atoms with Crippen LogP contribution < -0.4 is 27.2 Å². The summed E-state index contributed by atoms with van der Waals surface area (Å²) in [6.45, 7) is 6.03. The van der Waals surface area contributed by atoms with Crippen molar-refractivity contribution >= 4 is 58.5 Å². The number of carbonyl (C=O) groups is 2. The fourth-order valence-electron chi connectivity index (χ4n) is 5.01. The molecule has 2 aromatic heterocycles. The smallest absolute Gasteiger partial charge is 0.262 e. The van der Waals surface area contributed by atoms with Gasteiger partial charge in [0.05, 0.1) is 16.8 Å². The average Bonchev–Trinajstić information content (AvgIpc) is 3.02. The maximum absolute atomic E-state index is 13.2. The molecule has 3 heterocycles. The van der Waals surface area contributed by atoms with Gasteiger partial charge in [-0.2, -0.15) is 4.98 Å². The summed E-state index contributed by atoms with van der Waals surface area (Å²) in [5.41, 5.74) is 6.74. The summed E-state index contributed by atoms with van der Waals surface area (Å²) in [5.74, 6) is -0.650. The van der Waals surface area contributed by atoms with Gasteiger partial charge in [0, 0.05) is 56.4 Å². The second-order valence-corrected chi connectivity index (χ2v) is 11.2. The highest BCUT2D eigenvalue weighted by Gasteiger charge is 2.19. The molecule has 1 atom stereocenters. The number of H-pyrrole nitrogens is 1. The molecule has 1 unspecified atom stereocenters. The molecule has 238 valence electrons. The lowest BCUT2D eigenvalue weighted by Crippen LogP contribution is -2.45. The number of aromatic nitrogens is 3. The van der Waals surface area contributed by atoms with Crippen LogP contribution in [0.15, 0.2) is 65.6 Å². The number of hydrogen-bond donors (Lipinski definition) is 5. The minimum Gasteiger partial charge on any atom is -0.353 e. The molecule has 1 aliphatic rings. The summed E-state index contributed by atoms with van der Waals surface area (Å²) in [7, 11) is 2.12. The Labute approximate surface area is 272 Å². The van der Waals surface area contributed by atoms with E-state index in [0.717, 1.165) is 38.3 Å². The zero-order valence-electron chi connectivity index (χ0n) is 24.9. The zero-order valence-corrected chi connectivity index (χ0v) is 26.5. The van der Waals surface area contributed by atoms with Gasteiger partial charge < -0.3 is 31.6 Å². The van der Waals surface area contributed by atoms with E-state index >= 15 is 0 Å². The summed E-state index contributed by atoms with van der Waals surface area (Å²) >= 11 is 6.35. The molecular formula is C31H37Cl2N9O3. The Kier molecular flexibility index (Phi) is 11.9. The standard InChI is InChI=1S/C31H36ClN9O3.ClH/c1-40-13-15-41(16-14-40)12-11-34-31-35-19-22-17-23(30(44)38-27(22)39-31)29(43)37-26-18-21(7-8-24(26)32)28(42)36-25(9-10-33)20-5-3-2-4-6-20;/h2-8,17-19,25H,9-16,33H2,1H3,(H,36,42)(H,37,43)(H2,34,35,38,39,44);1H. The molecule has 0 radical (unpaired) electrons. The van der Waals surface area contributed by atoms with Crippen LogP contribution in [0.25, 0.3) is 11.0 Å². The third kappa shape index (κ3) is 8.77. The molecule has 0 aliphatic carbocycles. The number of carbonyl (C=O) groups excluding carboxylic acids is 2. The largest absolute Gasteiger partial charge is 0.353 e. The van der Waals surface area contributed by atoms with Gasteiger partial charge in [-0.25, -0.2) is 4.98 Å². The highest BCUT2D eigenvalue weighted by atomic mass is 35.5. The van der Waals surface area contributed by atoms with E-state index in [-0.39, 0.29) is 46.2 Å². The highest BCUT2D eigenvalue weighted by Crippen LogP contribution is 2.25. The Morgan fingerprint density at radius 1 is 1.07 bits per heavy atom. The summed E-state index contributed by atoms with van der Waals surface area (Å²) in [6, 6.07) is 15.2. The van der Waals surface area contributed by atoms with Gasteiger partial charge in [0.1, 0.15) is 11.2 Å². The molecule has 5 rings (SSSR count). The number of benzene rings is 2. The molecule has 4 aromatic rings. The second-order valence-electron chi connectivity index (χ2n) is 10.7. The SMILES string of the molecule is CN1CCN(CCNc2ncc3cc(C(=O)Nc4cc(C(=O)NC(CCN)c5ccccc5)ccc4Cl)c(=O)[nH]c3n2)CC1.Cl. The highest BCUT2D eigenvalue weighted by molar-refractivity contribution is 6.34. The van der Waals surface area contributed by atoms with Gasteiger partial charge in [-0.3, -0.25) is 19.3 Å². The van der Waals surface area contributed by atoms with Crippen LogP contribution in [-0.4, -0.2) is 89.4 Å². The number of anilines is 2. The van der Waals surface area contributed by atoms with Gasteiger partial charge in [0.15, 0.2) is 0 Å². The minimum absolute atomic E-state index is 0. The molecule has 1 saturated heterocycles. The predicted molar refractivity (Wildman–Crippen MR) is 180 cm³/mol. The van der Waals surface area contributed by atoms with E-state index in [2.05, 4.69) is 47.7 Å². The number of piperazine rings is 1. The number of halogens is 2.